The van der Waals surface area contributed by atoms with Crippen LogP contribution in [0.1, 0.15) is 29.8 Å². The number of hydrogen-bond acceptors (Lipinski definition) is 4. The highest BCUT2D eigenvalue weighted by molar-refractivity contribution is 5.96. The van der Waals surface area contributed by atoms with Gasteiger partial charge in [0, 0.05) is 5.56 Å². The van der Waals surface area contributed by atoms with Crippen LogP contribution >= 0.6 is 0 Å². The molecule has 0 fully saturated rings. The zero-order chi connectivity index (χ0) is 13.2. The Bertz CT molecular complexity index is 435. The standard InChI is InChI=1S/C12H17NO4/c1-12(2,15)9-6-7(16-3)5-8(11(13)14)10(9)17-4/h5-6,15H,1-4H3,(H2,13,14). The molecule has 0 heterocycles. The van der Waals surface area contributed by atoms with Crippen LogP contribution in [0.5, 0.6) is 11.5 Å². The van der Waals surface area contributed by atoms with E-state index in [0.717, 1.165) is 0 Å². The second kappa shape index (κ2) is 4.63. The van der Waals surface area contributed by atoms with Crippen LogP contribution in [0.2, 0.25) is 0 Å². The van der Waals surface area contributed by atoms with Gasteiger partial charge in [-0.3, -0.25) is 4.79 Å². The predicted octanol–water partition coefficient (Wildman–Crippen LogP) is 1.03. The Hall–Kier alpha value is -1.75. The lowest BCUT2D eigenvalue weighted by Gasteiger charge is -2.23. The maximum Gasteiger partial charge on any atom is 0.252 e. The Kier molecular flexibility index (Phi) is 3.63. The summed E-state index contributed by atoms with van der Waals surface area (Å²) in [6.45, 7) is 3.18. The molecule has 1 aromatic rings. The van der Waals surface area contributed by atoms with Crippen molar-refractivity contribution in [2.45, 2.75) is 19.4 Å². The molecule has 3 N–H and O–H groups in total. The van der Waals surface area contributed by atoms with Gasteiger partial charge in [-0.05, 0) is 26.0 Å². The number of hydrogen-bond donors (Lipinski definition) is 2. The number of methoxy groups -OCH3 is 2. The summed E-state index contributed by atoms with van der Waals surface area (Å²) in [7, 11) is 2.89. The van der Waals surface area contributed by atoms with Crippen molar-refractivity contribution in [1.29, 1.82) is 0 Å². The van der Waals surface area contributed by atoms with Crippen LogP contribution in [-0.2, 0) is 5.60 Å². The Labute approximate surface area is 100 Å². The van der Waals surface area contributed by atoms with Gasteiger partial charge in [0.2, 0.25) is 0 Å². The van der Waals surface area contributed by atoms with Crippen molar-refractivity contribution < 1.29 is 19.4 Å². The third-order valence-electron chi connectivity index (χ3n) is 2.43. The molecule has 94 valence electrons. The topological polar surface area (TPSA) is 81.8 Å². The minimum atomic E-state index is -1.16. The highest BCUT2D eigenvalue weighted by Crippen LogP contribution is 2.36. The zero-order valence-corrected chi connectivity index (χ0v) is 10.4. The number of benzene rings is 1. The van der Waals surface area contributed by atoms with E-state index in [2.05, 4.69) is 0 Å². The first-order valence-electron chi connectivity index (χ1n) is 5.10. The molecule has 0 saturated heterocycles. The molecule has 0 aliphatic rings. The number of carbonyl (C=O) groups excluding carboxylic acids is 1. The van der Waals surface area contributed by atoms with Gasteiger partial charge in [-0.15, -0.1) is 0 Å². The van der Waals surface area contributed by atoms with Gasteiger partial charge in [-0.25, -0.2) is 0 Å². The van der Waals surface area contributed by atoms with Gasteiger partial charge < -0.3 is 20.3 Å². The van der Waals surface area contributed by atoms with Gasteiger partial charge in [0.1, 0.15) is 11.5 Å². The minimum absolute atomic E-state index is 0.184. The summed E-state index contributed by atoms with van der Waals surface area (Å²) in [6, 6.07) is 3.10. The van der Waals surface area contributed by atoms with Crippen molar-refractivity contribution >= 4 is 5.91 Å². The van der Waals surface area contributed by atoms with E-state index in [1.807, 2.05) is 0 Å². The lowest BCUT2D eigenvalue weighted by atomic mass is 9.94. The van der Waals surface area contributed by atoms with Gasteiger partial charge in [-0.2, -0.15) is 0 Å². The Balaban J connectivity index is 3.56. The fourth-order valence-corrected chi connectivity index (χ4v) is 1.58. The van der Waals surface area contributed by atoms with Crippen molar-refractivity contribution in [3.05, 3.63) is 23.3 Å². The molecule has 0 aliphatic carbocycles. The van der Waals surface area contributed by atoms with Crippen LogP contribution < -0.4 is 15.2 Å². The number of rotatable bonds is 4. The first-order chi connectivity index (χ1) is 7.81. The fraction of sp³-hybridized carbons (Fsp3) is 0.417. The molecule has 0 spiro atoms. The van der Waals surface area contributed by atoms with Crippen molar-refractivity contribution in [2.75, 3.05) is 14.2 Å². The van der Waals surface area contributed by atoms with Gasteiger partial charge in [0.05, 0.1) is 25.4 Å². The number of aliphatic hydroxyl groups is 1. The lowest BCUT2D eigenvalue weighted by molar-refractivity contribution is 0.0751. The molecule has 0 saturated carbocycles. The van der Waals surface area contributed by atoms with Crippen LogP contribution in [0.3, 0.4) is 0 Å². The third kappa shape index (κ3) is 2.68. The van der Waals surface area contributed by atoms with Gasteiger partial charge in [0.15, 0.2) is 0 Å². The Morgan fingerprint density at radius 2 is 1.88 bits per heavy atom. The normalized spacial score (nSPS) is 11.1. The van der Waals surface area contributed by atoms with E-state index < -0.39 is 11.5 Å². The number of ether oxygens (including phenoxy) is 2. The van der Waals surface area contributed by atoms with Crippen molar-refractivity contribution in [3.63, 3.8) is 0 Å². The maximum absolute atomic E-state index is 11.3. The summed E-state index contributed by atoms with van der Waals surface area (Å²) >= 11 is 0. The molecule has 5 heteroatoms. The van der Waals surface area contributed by atoms with Crippen LogP contribution in [0.4, 0.5) is 0 Å². The third-order valence-corrected chi connectivity index (χ3v) is 2.43. The van der Waals surface area contributed by atoms with Crippen molar-refractivity contribution in [3.8, 4) is 11.5 Å². The Morgan fingerprint density at radius 1 is 1.29 bits per heavy atom. The molecule has 0 aromatic heterocycles. The molecular weight excluding hydrogens is 222 g/mol. The summed E-state index contributed by atoms with van der Waals surface area (Å²) < 4.78 is 10.2. The molecule has 0 bridgehead atoms. The molecule has 5 nitrogen and oxygen atoms in total. The van der Waals surface area contributed by atoms with Crippen LogP contribution in [0.25, 0.3) is 0 Å². The molecule has 0 radical (unpaired) electrons. The van der Waals surface area contributed by atoms with Crippen molar-refractivity contribution in [1.82, 2.24) is 0 Å². The lowest BCUT2D eigenvalue weighted by Crippen LogP contribution is -2.20. The fourth-order valence-electron chi connectivity index (χ4n) is 1.58. The quantitative estimate of drug-likeness (QED) is 0.822. The monoisotopic (exact) mass is 239 g/mol. The van der Waals surface area contributed by atoms with E-state index >= 15 is 0 Å². The minimum Gasteiger partial charge on any atom is -0.497 e. The molecule has 0 atom stereocenters. The molecule has 1 aromatic carbocycles. The van der Waals surface area contributed by atoms with E-state index in [1.54, 1.807) is 19.9 Å². The van der Waals surface area contributed by atoms with Crippen molar-refractivity contribution in [2.24, 2.45) is 5.73 Å². The van der Waals surface area contributed by atoms with Crippen LogP contribution in [0, 0.1) is 0 Å². The summed E-state index contributed by atoms with van der Waals surface area (Å²) in [4.78, 5) is 11.3. The molecule has 0 unspecified atom stereocenters. The molecule has 1 rings (SSSR count). The number of amides is 1. The second-order valence-electron chi connectivity index (χ2n) is 4.18. The summed E-state index contributed by atoms with van der Waals surface area (Å²) in [5, 5.41) is 10.0. The van der Waals surface area contributed by atoms with Crippen LogP contribution in [0.15, 0.2) is 12.1 Å². The zero-order valence-electron chi connectivity index (χ0n) is 10.4. The molecular formula is C12H17NO4. The highest BCUT2D eigenvalue weighted by atomic mass is 16.5. The predicted molar refractivity (Wildman–Crippen MR) is 63.3 cm³/mol. The average Bonchev–Trinajstić information content (AvgIpc) is 2.25. The van der Waals surface area contributed by atoms with Gasteiger partial charge in [0.25, 0.3) is 5.91 Å². The number of primary amides is 1. The summed E-state index contributed by atoms with van der Waals surface area (Å²) in [6.07, 6.45) is 0. The first kappa shape index (κ1) is 13.3. The molecule has 1 amide bonds. The number of carbonyl (C=O) groups is 1. The average molecular weight is 239 g/mol. The van der Waals surface area contributed by atoms with E-state index in [0.29, 0.717) is 11.3 Å². The molecule has 17 heavy (non-hydrogen) atoms. The Morgan fingerprint density at radius 3 is 2.24 bits per heavy atom. The van der Waals surface area contributed by atoms with E-state index in [9.17, 15) is 9.90 Å². The summed E-state index contributed by atoms with van der Waals surface area (Å²) in [5.41, 5.74) is 4.74. The van der Waals surface area contributed by atoms with Crippen LogP contribution in [-0.4, -0.2) is 25.2 Å². The maximum atomic E-state index is 11.3. The first-order valence-corrected chi connectivity index (χ1v) is 5.10. The van der Waals surface area contributed by atoms with E-state index in [-0.39, 0.29) is 11.3 Å². The van der Waals surface area contributed by atoms with E-state index in [4.69, 9.17) is 15.2 Å². The highest BCUT2D eigenvalue weighted by Gasteiger charge is 2.26. The second-order valence-corrected chi connectivity index (χ2v) is 4.18. The smallest absolute Gasteiger partial charge is 0.252 e. The number of nitrogens with two attached hydrogens (primary N) is 1. The molecule has 0 aliphatic heterocycles. The summed E-state index contributed by atoms with van der Waals surface area (Å²) in [5.74, 6) is 0.0776. The van der Waals surface area contributed by atoms with E-state index in [1.165, 1.54) is 20.3 Å². The van der Waals surface area contributed by atoms with Gasteiger partial charge in [-0.1, -0.05) is 0 Å². The van der Waals surface area contributed by atoms with Gasteiger partial charge >= 0.3 is 0 Å². The SMILES string of the molecule is COc1cc(C(N)=O)c(OC)c(C(C)(C)O)c1. The largest absolute Gasteiger partial charge is 0.497 e.